The van der Waals surface area contributed by atoms with Crippen LogP contribution in [-0.2, 0) is 17.2 Å². The molecule has 3 rings (SSSR count). The van der Waals surface area contributed by atoms with Crippen molar-refractivity contribution in [3.63, 3.8) is 0 Å². The molecule has 0 aliphatic carbocycles. The van der Waals surface area contributed by atoms with Gasteiger partial charge in [-0.25, -0.2) is 13.0 Å². The zero-order valence-electron chi connectivity index (χ0n) is 17.1. The molecule has 0 radical (unpaired) electrons. The van der Waals surface area contributed by atoms with Crippen LogP contribution in [0.1, 0.15) is 16.7 Å². The van der Waals surface area contributed by atoms with E-state index in [1.807, 2.05) is 13.0 Å². The third-order valence-corrected chi connectivity index (χ3v) is 5.03. The van der Waals surface area contributed by atoms with Crippen LogP contribution in [0.4, 0.5) is 5.82 Å². The van der Waals surface area contributed by atoms with E-state index in [1.54, 1.807) is 12.1 Å². The summed E-state index contributed by atoms with van der Waals surface area (Å²) in [5, 5.41) is 0. The summed E-state index contributed by atoms with van der Waals surface area (Å²) in [6, 6.07) is 20.4. The Morgan fingerprint density at radius 3 is 2.03 bits per heavy atom. The third kappa shape index (κ3) is 7.18. The Morgan fingerprint density at radius 2 is 1.48 bits per heavy atom. The monoisotopic (exact) mass is 410 g/mol. The molecule has 0 saturated heterocycles. The second-order valence-electron chi connectivity index (χ2n) is 6.83. The topological polar surface area (TPSA) is 64.3 Å². The number of hydrogen-bond acceptors (Lipinski definition) is 4. The van der Waals surface area contributed by atoms with Crippen LogP contribution in [0.5, 0.6) is 0 Å². The van der Waals surface area contributed by atoms with Gasteiger partial charge in [0.25, 0.3) is 5.82 Å². The van der Waals surface area contributed by atoms with Gasteiger partial charge in [-0.3, -0.25) is 4.90 Å². The van der Waals surface area contributed by atoms with Crippen LogP contribution >= 0.6 is 0 Å². The molecule has 29 heavy (non-hydrogen) atoms. The van der Waals surface area contributed by atoms with Gasteiger partial charge < -0.3 is 4.55 Å². The zero-order chi connectivity index (χ0) is 21.4. The van der Waals surface area contributed by atoms with E-state index in [1.165, 1.54) is 29.1 Å². The molecule has 0 unspecified atom stereocenters. The summed E-state index contributed by atoms with van der Waals surface area (Å²) in [5.41, 5.74) is 3.36. The maximum Gasteiger partial charge on any atom is 0.276 e. The van der Waals surface area contributed by atoms with Crippen molar-refractivity contribution in [3.05, 3.63) is 89.6 Å². The molecule has 3 aromatic rings. The third-order valence-electron chi connectivity index (χ3n) is 4.18. The molecule has 0 amide bonds. The lowest BCUT2D eigenvalue weighted by Gasteiger charge is -2.08. The van der Waals surface area contributed by atoms with Crippen LogP contribution in [0.2, 0.25) is 0 Å². The van der Waals surface area contributed by atoms with E-state index in [2.05, 4.69) is 85.4 Å². The van der Waals surface area contributed by atoms with E-state index in [9.17, 15) is 13.0 Å². The Labute approximate surface area is 173 Å². The van der Waals surface area contributed by atoms with Crippen LogP contribution in [0.25, 0.3) is 12.2 Å². The highest BCUT2D eigenvalue weighted by Gasteiger charge is 2.07. The largest absolute Gasteiger partial charge is 0.744 e. The first-order valence-electron chi connectivity index (χ1n) is 9.09. The highest BCUT2D eigenvalue weighted by atomic mass is 32.2. The Kier molecular flexibility index (Phi) is 7.70. The minimum absolute atomic E-state index is 0.178. The Bertz CT molecular complexity index is 1060. The van der Waals surface area contributed by atoms with Crippen molar-refractivity contribution in [3.8, 4) is 0 Å². The number of hydrogen-bond donors (Lipinski definition) is 0. The molecule has 5 nitrogen and oxygen atoms in total. The van der Waals surface area contributed by atoms with Crippen LogP contribution in [0.3, 0.4) is 0 Å². The first-order valence-corrected chi connectivity index (χ1v) is 10.5. The van der Waals surface area contributed by atoms with Gasteiger partial charge in [-0.1, -0.05) is 60.2 Å². The van der Waals surface area contributed by atoms with Crippen LogP contribution in [0, 0.1) is 6.92 Å². The fourth-order valence-corrected chi connectivity index (χ4v) is 3.05. The minimum atomic E-state index is -4.27. The zero-order valence-corrected chi connectivity index (χ0v) is 17.9. The van der Waals surface area contributed by atoms with Crippen LogP contribution in [0.15, 0.2) is 77.8 Å². The molecule has 1 aromatic heterocycles. The molecular weight excluding hydrogens is 384 g/mol. The van der Waals surface area contributed by atoms with Crippen molar-refractivity contribution >= 4 is 28.1 Å². The second kappa shape index (κ2) is 10.0. The van der Waals surface area contributed by atoms with Crippen molar-refractivity contribution in [1.29, 1.82) is 0 Å². The second-order valence-corrected chi connectivity index (χ2v) is 8.21. The number of benzene rings is 2. The molecule has 0 aliphatic heterocycles. The quantitative estimate of drug-likeness (QED) is 0.487. The van der Waals surface area contributed by atoms with Gasteiger partial charge in [0.1, 0.15) is 10.1 Å². The molecule has 152 valence electrons. The van der Waals surface area contributed by atoms with Crippen LogP contribution < -0.4 is 9.47 Å². The van der Waals surface area contributed by atoms with E-state index in [0.29, 0.717) is 0 Å². The summed E-state index contributed by atoms with van der Waals surface area (Å²) >= 11 is 0. The van der Waals surface area contributed by atoms with E-state index < -0.39 is 10.1 Å². The number of aromatic nitrogens is 1. The molecule has 0 atom stereocenters. The summed E-state index contributed by atoms with van der Waals surface area (Å²) in [6.45, 7) is 1.82. The van der Waals surface area contributed by atoms with E-state index in [0.717, 1.165) is 5.56 Å². The first kappa shape index (κ1) is 22.3. The lowest BCUT2D eigenvalue weighted by molar-refractivity contribution is -0.658. The summed E-state index contributed by atoms with van der Waals surface area (Å²) < 4.78 is 33.3. The van der Waals surface area contributed by atoms with Crippen molar-refractivity contribution in [2.75, 3.05) is 19.0 Å². The maximum atomic E-state index is 10.4. The van der Waals surface area contributed by atoms with Crippen molar-refractivity contribution in [2.24, 2.45) is 7.05 Å². The minimum Gasteiger partial charge on any atom is -0.744 e. The number of pyridine rings is 1. The number of rotatable bonds is 4. The van der Waals surface area contributed by atoms with Gasteiger partial charge in [0.2, 0.25) is 0 Å². The van der Waals surface area contributed by atoms with Crippen LogP contribution in [-0.4, -0.2) is 27.1 Å². The normalized spacial score (nSPS) is 11.1. The molecule has 0 N–H and O–H groups in total. The van der Waals surface area contributed by atoms with Gasteiger partial charge in [-0.15, -0.1) is 0 Å². The van der Waals surface area contributed by atoms with Gasteiger partial charge in [-0.2, -0.15) is 0 Å². The molecule has 1 heterocycles. The predicted octanol–water partition coefficient (Wildman–Crippen LogP) is 3.65. The Hall–Kier alpha value is -2.96. The lowest BCUT2D eigenvalue weighted by atomic mass is 10.1. The average Bonchev–Trinajstić information content (AvgIpc) is 2.68. The lowest BCUT2D eigenvalue weighted by Crippen LogP contribution is -2.35. The summed E-state index contributed by atoms with van der Waals surface area (Å²) in [7, 11) is 1.90. The number of aryl methyl sites for hydroxylation is 2. The fourth-order valence-electron chi connectivity index (χ4n) is 2.58. The first-order chi connectivity index (χ1) is 13.7. The van der Waals surface area contributed by atoms with Crippen molar-refractivity contribution in [2.45, 2.75) is 11.8 Å². The van der Waals surface area contributed by atoms with Gasteiger partial charge in [-0.05, 0) is 36.2 Å². The number of anilines is 1. The number of nitrogens with zero attached hydrogens (tertiary/aromatic N) is 2. The molecule has 0 bridgehead atoms. The van der Waals surface area contributed by atoms with Crippen molar-refractivity contribution < 1.29 is 17.5 Å². The smallest absolute Gasteiger partial charge is 0.276 e. The van der Waals surface area contributed by atoms with Gasteiger partial charge in [0.05, 0.1) is 32.2 Å². The van der Waals surface area contributed by atoms with E-state index >= 15 is 0 Å². The molecule has 0 fully saturated rings. The maximum absolute atomic E-state index is 10.4. The van der Waals surface area contributed by atoms with Gasteiger partial charge >= 0.3 is 0 Å². The van der Waals surface area contributed by atoms with Gasteiger partial charge in [0, 0.05) is 6.07 Å². The highest BCUT2D eigenvalue weighted by molar-refractivity contribution is 7.85. The molecule has 0 aliphatic rings. The van der Waals surface area contributed by atoms with Gasteiger partial charge in [0.15, 0.2) is 0 Å². The summed E-state index contributed by atoms with van der Waals surface area (Å²) in [4.78, 5) is 1.93. The molecule has 0 saturated carbocycles. The summed E-state index contributed by atoms with van der Waals surface area (Å²) in [5.74, 6) is 1.19. The Balaban J connectivity index is 0.000000234. The van der Waals surface area contributed by atoms with Crippen molar-refractivity contribution in [1.82, 2.24) is 0 Å². The standard InChI is InChI=1S/C16H19N2.C7H8O3S/c1-17(2)16-13-15(11-12-18(16)3)10-9-14-7-5-4-6-8-14;1-6-2-4-7(5-3-6)11(8,9)10/h4-13H,1-3H3;2-5H,1H3,(H,8,9,10)/q+1;/p-1. The summed E-state index contributed by atoms with van der Waals surface area (Å²) in [6.07, 6.45) is 6.36. The highest BCUT2D eigenvalue weighted by Crippen LogP contribution is 2.11. The molecule has 6 heteroatoms. The predicted molar refractivity (Wildman–Crippen MR) is 116 cm³/mol. The van der Waals surface area contributed by atoms with E-state index in [4.69, 9.17) is 0 Å². The molecule has 2 aromatic carbocycles. The SMILES string of the molecule is CN(C)c1cc(C=Cc2ccccc2)cc[n+]1C.Cc1ccc(S(=O)(=O)[O-])cc1. The fraction of sp³-hybridized carbons (Fsp3) is 0.174. The molecule has 0 spiro atoms. The van der Waals surface area contributed by atoms with E-state index in [-0.39, 0.29) is 4.90 Å². The average molecular weight is 411 g/mol. The molecular formula is C23H26N2O3S. The Morgan fingerprint density at radius 1 is 0.897 bits per heavy atom.